The van der Waals surface area contributed by atoms with Crippen molar-refractivity contribution in [3.05, 3.63) is 87.9 Å². The van der Waals surface area contributed by atoms with Crippen LogP contribution in [0.15, 0.2) is 76.3 Å². The first-order chi connectivity index (χ1) is 16.9. The summed E-state index contributed by atoms with van der Waals surface area (Å²) in [7, 11) is 0. The maximum absolute atomic E-state index is 12.3. The van der Waals surface area contributed by atoms with Crippen molar-refractivity contribution in [2.75, 3.05) is 17.2 Å². The van der Waals surface area contributed by atoms with Crippen LogP contribution in [0.2, 0.25) is 0 Å². The molecule has 0 radical (unpaired) electrons. The maximum Gasteiger partial charge on any atom is 0.329 e. The molecule has 3 aromatic rings. The number of para-hydroxylation sites is 1. The molecule has 0 aliphatic rings. The highest BCUT2D eigenvalue weighted by Crippen LogP contribution is 2.22. The average Bonchev–Trinajstić information content (AvgIpc) is 2.83. The number of carbonyl (C=O) groups is 3. The van der Waals surface area contributed by atoms with Gasteiger partial charge >= 0.3 is 11.8 Å². The van der Waals surface area contributed by atoms with E-state index in [9.17, 15) is 14.4 Å². The zero-order valence-electron chi connectivity index (χ0n) is 19.3. The van der Waals surface area contributed by atoms with Crippen LogP contribution in [0.1, 0.15) is 23.6 Å². The number of ether oxygens (including phenoxy) is 1. The molecule has 0 saturated carbocycles. The monoisotopic (exact) mass is 536 g/mol. The lowest BCUT2D eigenvalue weighted by Crippen LogP contribution is -2.32. The zero-order chi connectivity index (χ0) is 25.2. The first kappa shape index (κ1) is 25.6. The summed E-state index contributed by atoms with van der Waals surface area (Å²) in [5.74, 6) is -1.69. The molecule has 0 unspecified atom stereocenters. The average molecular weight is 537 g/mol. The second kappa shape index (κ2) is 12.5. The first-order valence-corrected chi connectivity index (χ1v) is 11.7. The molecule has 0 aromatic heterocycles. The van der Waals surface area contributed by atoms with Crippen molar-refractivity contribution < 1.29 is 19.1 Å². The highest BCUT2D eigenvalue weighted by Gasteiger charge is 2.14. The van der Waals surface area contributed by atoms with Gasteiger partial charge in [-0.3, -0.25) is 14.4 Å². The molecule has 8 nitrogen and oxygen atoms in total. The Morgan fingerprint density at radius 1 is 0.971 bits per heavy atom. The summed E-state index contributed by atoms with van der Waals surface area (Å²) in [6.07, 6.45) is 2.05. The molecule has 0 aliphatic heterocycles. The molecule has 3 N–H and O–H groups in total. The van der Waals surface area contributed by atoms with E-state index < -0.39 is 11.8 Å². The van der Waals surface area contributed by atoms with E-state index in [2.05, 4.69) is 37.1 Å². The van der Waals surface area contributed by atoms with E-state index >= 15 is 0 Å². The lowest BCUT2D eigenvalue weighted by molar-refractivity contribution is -0.136. The predicted octanol–water partition coefficient (Wildman–Crippen LogP) is 4.43. The van der Waals surface area contributed by atoms with Gasteiger partial charge in [0.15, 0.2) is 6.61 Å². The minimum Gasteiger partial charge on any atom is -0.483 e. The van der Waals surface area contributed by atoms with Crippen LogP contribution in [-0.4, -0.2) is 30.5 Å². The summed E-state index contributed by atoms with van der Waals surface area (Å²) in [6.45, 7) is 3.67. The molecule has 0 atom stereocenters. The number of halogens is 1. The molecule has 35 heavy (non-hydrogen) atoms. The molecule has 3 rings (SSSR count). The highest BCUT2D eigenvalue weighted by molar-refractivity contribution is 9.10. The van der Waals surface area contributed by atoms with Crippen molar-refractivity contribution in [2.45, 2.75) is 20.3 Å². The summed E-state index contributed by atoms with van der Waals surface area (Å²) in [6, 6.07) is 19.8. The Hall–Kier alpha value is -3.98. The van der Waals surface area contributed by atoms with E-state index in [0.29, 0.717) is 29.1 Å². The minimum absolute atomic E-state index is 0.220. The Morgan fingerprint density at radius 2 is 1.77 bits per heavy atom. The van der Waals surface area contributed by atoms with Crippen LogP contribution in [0.5, 0.6) is 5.75 Å². The number of aryl methyl sites for hydroxylation is 2. The van der Waals surface area contributed by atoms with Crippen molar-refractivity contribution in [1.82, 2.24) is 5.43 Å². The van der Waals surface area contributed by atoms with Crippen LogP contribution in [0.3, 0.4) is 0 Å². The Labute approximate surface area is 211 Å². The van der Waals surface area contributed by atoms with E-state index in [1.165, 1.54) is 6.21 Å². The number of hydrazone groups is 1. The summed E-state index contributed by atoms with van der Waals surface area (Å²) in [4.78, 5) is 36.7. The molecule has 0 bridgehead atoms. The van der Waals surface area contributed by atoms with Gasteiger partial charge in [-0.15, -0.1) is 0 Å². The second-order valence-electron chi connectivity index (χ2n) is 7.55. The number of nitrogens with one attached hydrogen (secondary N) is 3. The number of benzene rings is 3. The molecule has 0 saturated heterocycles. The van der Waals surface area contributed by atoms with Gasteiger partial charge < -0.3 is 15.4 Å². The molecule has 0 fully saturated rings. The van der Waals surface area contributed by atoms with Gasteiger partial charge in [0.2, 0.25) is 0 Å². The Morgan fingerprint density at radius 3 is 2.54 bits per heavy atom. The van der Waals surface area contributed by atoms with Crippen LogP contribution in [0.4, 0.5) is 11.4 Å². The third kappa shape index (κ3) is 7.79. The number of hydrogen-bond acceptors (Lipinski definition) is 5. The lowest BCUT2D eigenvalue weighted by Gasteiger charge is -2.10. The normalized spacial score (nSPS) is 10.6. The summed E-state index contributed by atoms with van der Waals surface area (Å²) >= 11 is 3.37. The number of hydrogen-bond donors (Lipinski definition) is 3. The van der Waals surface area contributed by atoms with Crippen LogP contribution < -0.4 is 20.8 Å². The summed E-state index contributed by atoms with van der Waals surface area (Å²) in [5.41, 5.74) is 5.90. The number of carbonyl (C=O) groups excluding carboxylic acids is 3. The zero-order valence-corrected chi connectivity index (χ0v) is 20.9. The molecule has 3 aromatic carbocycles. The predicted molar refractivity (Wildman–Crippen MR) is 140 cm³/mol. The van der Waals surface area contributed by atoms with E-state index in [1.807, 2.05) is 44.2 Å². The number of nitrogens with zero attached hydrogens (tertiary/aromatic N) is 1. The first-order valence-electron chi connectivity index (χ1n) is 10.9. The Bertz CT molecular complexity index is 1260. The van der Waals surface area contributed by atoms with Crippen molar-refractivity contribution in [2.24, 2.45) is 5.10 Å². The fourth-order valence-corrected chi connectivity index (χ4v) is 3.53. The van der Waals surface area contributed by atoms with Crippen molar-refractivity contribution >= 4 is 51.2 Å². The third-order valence-electron chi connectivity index (χ3n) is 4.85. The highest BCUT2D eigenvalue weighted by atomic mass is 79.9. The SMILES string of the molecule is CCc1ccccc1NC(=O)C(=O)N/N=C\c1cc(Br)ccc1OCC(=O)Nc1cccc(C)c1. The van der Waals surface area contributed by atoms with Gasteiger partial charge in [-0.25, -0.2) is 5.43 Å². The smallest absolute Gasteiger partial charge is 0.329 e. The summed E-state index contributed by atoms with van der Waals surface area (Å²) < 4.78 is 6.40. The van der Waals surface area contributed by atoms with Gasteiger partial charge in [0.05, 0.1) is 6.21 Å². The van der Waals surface area contributed by atoms with Crippen LogP contribution >= 0.6 is 15.9 Å². The van der Waals surface area contributed by atoms with Crippen LogP contribution in [-0.2, 0) is 20.8 Å². The fraction of sp³-hybridized carbons (Fsp3) is 0.154. The van der Waals surface area contributed by atoms with Crippen molar-refractivity contribution in [3.63, 3.8) is 0 Å². The molecule has 9 heteroatoms. The van der Waals surface area contributed by atoms with E-state index in [-0.39, 0.29) is 12.5 Å². The van der Waals surface area contributed by atoms with Gasteiger partial charge in [-0.05, 0) is 60.9 Å². The Kier molecular flexibility index (Phi) is 9.14. The molecular weight excluding hydrogens is 512 g/mol. The topological polar surface area (TPSA) is 109 Å². The van der Waals surface area contributed by atoms with Crippen molar-refractivity contribution in [1.29, 1.82) is 0 Å². The van der Waals surface area contributed by atoms with Gasteiger partial charge in [0.25, 0.3) is 5.91 Å². The number of anilines is 2. The largest absolute Gasteiger partial charge is 0.483 e. The maximum atomic E-state index is 12.3. The van der Waals surface area contributed by atoms with Crippen LogP contribution in [0.25, 0.3) is 0 Å². The summed E-state index contributed by atoms with van der Waals surface area (Å²) in [5, 5.41) is 9.23. The second-order valence-corrected chi connectivity index (χ2v) is 8.47. The lowest BCUT2D eigenvalue weighted by atomic mass is 10.1. The Balaban J connectivity index is 1.58. The molecule has 0 spiro atoms. The number of amides is 3. The molecule has 0 heterocycles. The number of rotatable bonds is 8. The molecule has 3 amide bonds. The standard InChI is InChI=1S/C26H25BrN4O4/c1-3-18-8-4-5-10-22(18)30-25(33)26(34)31-28-15-19-14-20(27)11-12-23(19)35-16-24(32)29-21-9-6-7-17(2)13-21/h4-15H,3,16H2,1-2H3,(H,29,32)(H,30,33)(H,31,34)/b28-15-. The van der Waals surface area contributed by atoms with E-state index in [4.69, 9.17) is 4.74 Å². The van der Waals surface area contributed by atoms with Gasteiger partial charge in [0, 0.05) is 21.4 Å². The minimum atomic E-state index is -0.915. The van der Waals surface area contributed by atoms with Gasteiger partial charge in [-0.1, -0.05) is 53.2 Å². The third-order valence-corrected chi connectivity index (χ3v) is 5.35. The van der Waals surface area contributed by atoms with Crippen LogP contribution in [0, 0.1) is 6.92 Å². The van der Waals surface area contributed by atoms with E-state index in [1.54, 1.807) is 36.4 Å². The van der Waals surface area contributed by atoms with Gasteiger partial charge in [0.1, 0.15) is 5.75 Å². The molecule has 0 aliphatic carbocycles. The molecule has 180 valence electrons. The van der Waals surface area contributed by atoms with Gasteiger partial charge in [-0.2, -0.15) is 5.10 Å². The quantitative estimate of drug-likeness (QED) is 0.225. The fourth-order valence-electron chi connectivity index (χ4n) is 3.16. The molecular formula is C26H25BrN4O4. The van der Waals surface area contributed by atoms with Crippen molar-refractivity contribution in [3.8, 4) is 5.75 Å². The van der Waals surface area contributed by atoms with E-state index in [0.717, 1.165) is 15.6 Å².